The van der Waals surface area contributed by atoms with E-state index < -0.39 is 0 Å². The minimum atomic E-state index is -0.0912. The van der Waals surface area contributed by atoms with Gasteiger partial charge in [0.1, 0.15) is 0 Å². The number of halogens is 1. The number of carbonyl (C=O) groups is 1. The van der Waals surface area contributed by atoms with Gasteiger partial charge < -0.3 is 11.1 Å². The molecule has 6 heteroatoms. The van der Waals surface area contributed by atoms with Crippen molar-refractivity contribution >= 4 is 40.6 Å². The van der Waals surface area contributed by atoms with E-state index in [1.807, 2.05) is 0 Å². The average Bonchev–Trinajstić information content (AvgIpc) is 2.41. The maximum atomic E-state index is 11.7. The van der Waals surface area contributed by atoms with Crippen LogP contribution in [0.15, 0.2) is 47.6 Å². The zero-order chi connectivity index (χ0) is 13.7. The van der Waals surface area contributed by atoms with Crippen molar-refractivity contribution in [1.82, 2.24) is 4.98 Å². The van der Waals surface area contributed by atoms with Gasteiger partial charge in [0, 0.05) is 17.6 Å². The number of carbonyl (C=O) groups excluding carboxylic acids is 1. The van der Waals surface area contributed by atoms with E-state index in [1.165, 1.54) is 11.8 Å². The highest BCUT2D eigenvalue weighted by molar-refractivity contribution is 7.99. The van der Waals surface area contributed by atoms with Crippen molar-refractivity contribution < 1.29 is 4.79 Å². The summed E-state index contributed by atoms with van der Waals surface area (Å²) in [7, 11) is 0. The zero-order valence-electron chi connectivity index (χ0n) is 9.97. The molecule has 3 N–H and O–H groups in total. The smallest absolute Gasteiger partial charge is 0.234 e. The third-order valence-electron chi connectivity index (χ3n) is 2.25. The first-order valence-corrected chi connectivity index (χ1v) is 6.89. The molecule has 1 heterocycles. The summed E-state index contributed by atoms with van der Waals surface area (Å²) in [6.45, 7) is 0. The van der Waals surface area contributed by atoms with Crippen LogP contribution in [0.1, 0.15) is 0 Å². The van der Waals surface area contributed by atoms with Crippen molar-refractivity contribution in [2.24, 2.45) is 0 Å². The molecule has 19 heavy (non-hydrogen) atoms. The SMILES string of the molecule is Nc1ccc(NC(=O)CSc2ccc(Cl)cn2)cc1. The quantitative estimate of drug-likeness (QED) is 0.671. The lowest BCUT2D eigenvalue weighted by molar-refractivity contribution is -0.113. The predicted molar refractivity (Wildman–Crippen MR) is 79.5 cm³/mol. The van der Waals surface area contributed by atoms with Gasteiger partial charge in [-0.2, -0.15) is 0 Å². The van der Waals surface area contributed by atoms with Gasteiger partial charge in [0.25, 0.3) is 0 Å². The van der Waals surface area contributed by atoms with Crippen LogP contribution in [0.25, 0.3) is 0 Å². The Kier molecular flexibility index (Phi) is 4.65. The van der Waals surface area contributed by atoms with Gasteiger partial charge in [0.2, 0.25) is 5.91 Å². The monoisotopic (exact) mass is 293 g/mol. The van der Waals surface area contributed by atoms with E-state index >= 15 is 0 Å². The fourth-order valence-corrected chi connectivity index (χ4v) is 2.11. The van der Waals surface area contributed by atoms with Gasteiger partial charge >= 0.3 is 0 Å². The van der Waals surface area contributed by atoms with Gasteiger partial charge in [0.15, 0.2) is 0 Å². The highest BCUT2D eigenvalue weighted by Crippen LogP contribution is 2.18. The average molecular weight is 294 g/mol. The number of nitrogens with zero attached hydrogens (tertiary/aromatic N) is 1. The van der Waals surface area contributed by atoms with E-state index in [-0.39, 0.29) is 5.91 Å². The number of nitrogens with one attached hydrogen (secondary N) is 1. The molecule has 2 aromatic rings. The largest absolute Gasteiger partial charge is 0.399 e. The Morgan fingerprint density at radius 1 is 1.26 bits per heavy atom. The molecule has 0 radical (unpaired) electrons. The van der Waals surface area contributed by atoms with Crippen molar-refractivity contribution in [3.63, 3.8) is 0 Å². The van der Waals surface area contributed by atoms with Crippen LogP contribution in [0, 0.1) is 0 Å². The van der Waals surface area contributed by atoms with Crippen molar-refractivity contribution in [2.75, 3.05) is 16.8 Å². The van der Waals surface area contributed by atoms with Crippen LogP contribution < -0.4 is 11.1 Å². The first-order valence-electron chi connectivity index (χ1n) is 5.53. The van der Waals surface area contributed by atoms with Crippen LogP contribution in [0.2, 0.25) is 5.02 Å². The minimum Gasteiger partial charge on any atom is -0.399 e. The molecule has 0 saturated carbocycles. The minimum absolute atomic E-state index is 0.0912. The highest BCUT2D eigenvalue weighted by atomic mass is 35.5. The van der Waals surface area contributed by atoms with Gasteiger partial charge in [-0.25, -0.2) is 4.98 Å². The number of nitrogens with two attached hydrogens (primary N) is 1. The predicted octanol–water partition coefficient (Wildman–Crippen LogP) is 3.05. The Morgan fingerprint density at radius 2 is 2.00 bits per heavy atom. The van der Waals surface area contributed by atoms with Gasteiger partial charge in [-0.05, 0) is 36.4 Å². The van der Waals surface area contributed by atoms with Crippen LogP contribution in [-0.4, -0.2) is 16.6 Å². The van der Waals surface area contributed by atoms with E-state index in [4.69, 9.17) is 17.3 Å². The Labute approximate surface area is 120 Å². The van der Waals surface area contributed by atoms with Crippen LogP contribution in [0.5, 0.6) is 0 Å². The number of benzene rings is 1. The number of hydrogen-bond acceptors (Lipinski definition) is 4. The number of hydrogen-bond donors (Lipinski definition) is 2. The molecule has 0 atom stereocenters. The number of nitrogen functional groups attached to an aromatic ring is 1. The fourth-order valence-electron chi connectivity index (χ4n) is 1.35. The molecule has 0 aliphatic carbocycles. The third kappa shape index (κ3) is 4.46. The second-order valence-corrected chi connectivity index (χ2v) is 5.21. The molecule has 4 nitrogen and oxygen atoms in total. The summed E-state index contributed by atoms with van der Waals surface area (Å²) in [4.78, 5) is 15.8. The van der Waals surface area contributed by atoms with Gasteiger partial charge in [-0.1, -0.05) is 23.4 Å². The van der Waals surface area contributed by atoms with E-state index in [2.05, 4.69) is 10.3 Å². The molecule has 0 unspecified atom stereocenters. The molecule has 1 aromatic heterocycles. The maximum Gasteiger partial charge on any atom is 0.234 e. The van der Waals surface area contributed by atoms with Crippen molar-refractivity contribution in [3.8, 4) is 0 Å². The molecule has 0 spiro atoms. The van der Waals surface area contributed by atoms with Crippen LogP contribution in [0.3, 0.4) is 0 Å². The summed E-state index contributed by atoms with van der Waals surface area (Å²) in [5.74, 6) is 0.199. The van der Waals surface area contributed by atoms with Crippen LogP contribution >= 0.6 is 23.4 Å². The van der Waals surface area contributed by atoms with Crippen molar-refractivity contribution in [2.45, 2.75) is 5.03 Å². The molecule has 98 valence electrons. The van der Waals surface area contributed by atoms with Crippen LogP contribution in [-0.2, 0) is 4.79 Å². The lowest BCUT2D eigenvalue weighted by Crippen LogP contribution is -2.14. The lowest BCUT2D eigenvalue weighted by Gasteiger charge is -2.05. The Bertz CT molecular complexity index is 557. The van der Waals surface area contributed by atoms with E-state index in [1.54, 1.807) is 42.6 Å². The first-order chi connectivity index (χ1) is 9.13. The molecule has 1 amide bonds. The molecule has 0 fully saturated rings. The molecular formula is C13H12ClN3OS. The normalized spacial score (nSPS) is 10.2. The number of amides is 1. The number of anilines is 2. The summed E-state index contributed by atoms with van der Waals surface area (Å²) in [6, 6.07) is 10.5. The second kappa shape index (κ2) is 6.45. The first kappa shape index (κ1) is 13.7. The standard InChI is InChI=1S/C13H12ClN3OS/c14-9-1-6-13(16-7-9)19-8-12(18)17-11-4-2-10(15)3-5-11/h1-7H,8,15H2,(H,17,18). The molecule has 0 saturated heterocycles. The highest BCUT2D eigenvalue weighted by Gasteiger charge is 2.04. The molecule has 2 rings (SSSR count). The summed E-state index contributed by atoms with van der Waals surface area (Å²) < 4.78 is 0. The number of aromatic nitrogens is 1. The Balaban J connectivity index is 1.84. The van der Waals surface area contributed by atoms with Gasteiger partial charge in [-0.3, -0.25) is 4.79 Å². The second-order valence-electron chi connectivity index (χ2n) is 3.77. The number of thioether (sulfide) groups is 1. The summed E-state index contributed by atoms with van der Waals surface area (Å²) in [6.07, 6.45) is 1.56. The Morgan fingerprint density at radius 3 is 2.63 bits per heavy atom. The zero-order valence-corrected chi connectivity index (χ0v) is 11.5. The summed E-state index contributed by atoms with van der Waals surface area (Å²) >= 11 is 7.09. The van der Waals surface area contributed by atoms with Gasteiger partial charge in [0.05, 0.1) is 15.8 Å². The van der Waals surface area contributed by atoms with E-state index in [0.29, 0.717) is 16.5 Å². The van der Waals surface area contributed by atoms with E-state index in [9.17, 15) is 4.79 Å². The number of pyridine rings is 1. The Hall–Kier alpha value is -1.72. The molecule has 0 aliphatic rings. The van der Waals surface area contributed by atoms with Crippen LogP contribution in [0.4, 0.5) is 11.4 Å². The summed E-state index contributed by atoms with van der Waals surface area (Å²) in [5.41, 5.74) is 6.96. The summed E-state index contributed by atoms with van der Waals surface area (Å²) in [5, 5.41) is 4.12. The number of rotatable bonds is 4. The fraction of sp³-hybridized carbons (Fsp3) is 0.0769. The lowest BCUT2D eigenvalue weighted by atomic mass is 10.3. The van der Waals surface area contributed by atoms with E-state index in [0.717, 1.165) is 10.7 Å². The molecular weight excluding hydrogens is 282 g/mol. The van der Waals surface area contributed by atoms with Crippen molar-refractivity contribution in [3.05, 3.63) is 47.6 Å². The molecule has 0 aliphatic heterocycles. The third-order valence-corrected chi connectivity index (χ3v) is 3.41. The van der Waals surface area contributed by atoms with Gasteiger partial charge in [-0.15, -0.1) is 0 Å². The molecule has 0 bridgehead atoms. The molecule has 1 aromatic carbocycles. The topological polar surface area (TPSA) is 68.0 Å². The maximum absolute atomic E-state index is 11.7. The van der Waals surface area contributed by atoms with Crippen molar-refractivity contribution in [1.29, 1.82) is 0 Å².